The second kappa shape index (κ2) is 6.12. The number of hydrogen-bond donors (Lipinski definition) is 1. The number of nitrogen functional groups attached to an aromatic ring is 1. The average Bonchev–Trinajstić information content (AvgIpc) is 3.12. The summed E-state index contributed by atoms with van der Waals surface area (Å²) in [5.41, 5.74) is 4.47. The first kappa shape index (κ1) is 17.4. The zero-order chi connectivity index (χ0) is 18.4. The van der Waals surface area contributed by atoms with Crippen LogP contribution in [0.15, 0.2) is 12.3 Å². The van der Waals surface area contributed by atoms with E-state index in [9.17, 15) is 18.0 Å². The minimum Gasteiger partial charge on any atom is -0.383 e. The first-order valence-corrected chi connectivity index (χ1v) is 7.98. The molecular formula is C16H18F3N5O. The van der Waals surface area contributed by atoms with Crippen LogP contribution in [-0.4, -0.2) is 25.5 Å². The standard InChI is InChI=1S/C16H18F3N5O/c1-8(2)24-15(9-3-4-11(25)5-9)22-14(23-24)10-6-12(16(17,18)19)13(20)21-7-10/h6-9H,3-5H2,1-2H3,(H2,20,21). The molecule has 0 aromatic carbocycles. The van der Waals surface area contributed by atoms with E-state index in [1.54, 1.807) is 4.68 Å². The van der Waals surface area contributed by atoms with Gasteiger partial charge in [-0.2, -0.15) is 18.3 Å². The van der Waals surface area contributed by atoms with Gasteiger partial charge in [-0.15, -0.1) is 0 Å². The van der Waals surface area contributed by atoms with Crippen molar-refractivity contribution >= 4 is 11.6 Å². The normalized spacial score (nSPS) is 18.3. The Kier molecular flexibility index (Phi) is 4.26. The highest BCUT2D eigenvalue weighted by Crippen LogP contribution is 2.36. The molecule has 2 aromatic rings. The fraction of sp³-hybridized carbons (Fsp3) is 0.500. The van der Waals surface area contributed by atoms with E-state index < -0.39 is 17.6 Å². The van der Waals surface area contributed by atoms with Crippen LogP contribution < -0.4 is 5.73 Å². The van der Waals surface area contributed by atoms with Crippen LogP contribution in [-0.2, 0) is 11.0 Å². The molecule has 1 saturated carbocycles. The Morgan fingerprint density at radius 1 is 1.36 bits per heavy atom. The highest BCUT2D eigenvalue weighted by molar-refractivity contribution is 5.81. The summed E-state index contributed by atoms with van der Waals surface area (Å²) in [7, 11) is 0. The smallest absolute Gasteiger partial charge is 0.383 e. The van der Waals surface area contributed by atoms with Gasteiger partial charge in [0.2, 0.25) is 0 Å². The van der Waals surface area contributed by atoms with Crippen molar-refractivity contribution in [1.82, 2.24) is 19.7 Å². The molecule has 2 heterocycles. The Morgan fingerprint density at radius 3 is 2.64 bits per heavy atom. The number of anilines is 1. The summed E-state index contributed by atoms with van der Waals surface area (Å²) in [4.78, 5) is 19.6. The Morgan fingerprint density at radius 2 is 2.08 bits per heavy atom. The molecule has 2 aromatic heterocycles. The number of halogens is 3. The molecule has 3 rings (SSSR count). The molecule has 0 saturated heterocycles. The van der Waals surface area contributed by atoms with E-state index in [2.05, 4.69) is 15.1 Å². The maximum Gasteiger partial charge on any atom is 0.419 e. The third-order valence-electron chi connectivity index (χ3n) is 4.24. The summed E-state index contributed by atoms with van der Waals surface area (Å²) in [6, 6.07) is 0.877. The SMILES string of the molecule is CC(C)n1nc(-c2cnc(N)c(C(F)(F)F)c2)nc1C1CCC(=O)C1. The first-order valence-electron chi connectivity index (χ1n) is 7.98. The van der Waals surface area contributed by atoms with Crippen molar-refractivity contribution in [1.29, 1.82) is 0 Å². The van der Waals surface area contributed by atoms with Crippen LogP contribution in [0.5, 0.6) is 0 Å². The minimum absolute atomic E-state index is 0.0317. The number of nitrogens with zero attached hydrogens (tertiary/aromatic N) is 4. The van der Waals surface area contributed by atoms with Gasteiger partial charge >= 0.3 is 6.18 Å². The number of pyridine rings is 1. The zero-order valence-electron chi connectivity index (χ0n) is 13.8. The minimum atomic E-state index is -4.60. The van der Waals surface area contributed by atoms with Gasteiger partial charge in [0.15, 0.2) is 5.82 Å². The first-order chi connectivity index (χ1) is 11.7. The molecule has 9 heteroatoms. The van der Waals surface area contributed by atoms with Crippen LogP contribution in [0.3, 0.4) is 0 Å². The summed E-state index contributed by atoms with van der Waals surface area (Å²) in [5, 5.41) is 4.35. The number of alkyl halides is 3. The van der Waals surface area contributed by atoms with Gasteiger partial charge in [0.1, 0.15) is 17.4 Å². The number of aromatic nitrogens is 4. The molecule has 0 radical (unpaired) electrons. The number of ketones is 1. The third-order valence-corrected chi connectivity index (χ3v) is 4.24. The molecule has 1 aliphatic carbocycles. The molecule has 1 fully saturated rings. The third kappa shape index (κ3) is 3.35. The van der Waals surface area contributed by atoms with Gasteiger partial charge in [0.25, 0.3) is 0 Å². The fourth-order valence-corrected chi connectivity index (χ4v) is 2.98. The molecule has 2 N–H and O–H groups in total. The van der Waals surface area contributed by atoms with Crippen molar-refractivity contribution in [2.75, 3.05) is 5.73 Å². The Labute approximate surface area is 142 Å². The van der Waals surface area contributed by atoms with Gasteiger partial charge in [0, 0.05) is 36.6 Å². The second-order valence-electron chi connectivity index (χ2n) is 6.46. The number of carbonyl (C=O) groups is 1. The van der Waals surface area contributed by atoms with Crippen molar-refractivity contribution in [3.8, 4) is 11.4 Å². The highest BCUT2D eigenvalue weighted by Gasteiger charge is 2.35. The summed E-state index contributed by atoms with van der Waals surface area (Å²) < 4.78 is 40.8. The van der Waals surface area contributed by atoms with E-state index in [-0.39, 0.29) is 29.1 Å². The number of Topliss-reactive ketones (excluding diaryl/α,β-unsaturated/α-hetero) is 1. The summed E-state index contributed by atoms with van der Waals surface area (Å²) >= 11 is 0. The van der Waals surface area contributed by atoms with E-state index in [4.69, 9.17) is 5.73 Å². The molecule has 0 aliphatic heterocycles. The summed E-state index contributed by atoms with van der Waals surface area (Å²) in [6.07, 6.45) is -1.81. The van der Waals surface area contributed by atoms with Crippen LogP contribution in [0, 0.1) is 0 Å². The number of nitrogens with two attached hydrogens (primary N) is 1. The quantitative estimate of drug-likeness (QED) is 0.914. The largest absolute Gasteiger partial charge is 0.419 e. The van der Waals surface area contributed by atoms with E-state index in [1.165, 1.54) is 6.20 Å². The van der Waals surface area contributed by atoms with E-state index in [0.717, 1.165) is 6.07 Å². The zero-order valence-corrected chi connectivity index (χ0v) is 13.8. The molecule has 1 atom stereocenters. The predicted molar refractivity (Wildman–Crippen MR) is 84.7 cm³/mol. The van der Waals surface area contributed by atoms with Gasteiger partial charge in [0.05, 0.1) is 5.56 Å². The Balaban J connectivity index is 2.05. The highest BCUT2D eigenvalue weighted by atomic mass is 19.4. The van der Waals surface area contributed by atoms with Crippen molar-refractivity contribution in [3.63, 3.8) is 0 Å². The fourth-order valence-electron chi connectivity index (χ4n) is 2.98. The number of carbonyl (C=O) groups excluding carboxylic acids is 1. The Hall–Kier alpha value is -2.45. The van der Waals surface area contributed by atoms with E-state index in [1.807, 2.05) is 13.8 Å². The van der Waals surface area contributed by atoms with Crippen LogP contribution >= 0.6 is 0 Å². The lowest BCUT2D eigenvalue weighted by Gasteiger charge is -2.12. The van der Waals surface area contributed by atoms with Crippen LogP contribution in [0.4, 0.5) is 19.0 Å². The summed E-state index contributed by atoms with van der Waals surface area (Å²) in [6.45, 7) is 3.81. The van der Waals surface area contributed by atoms with E-state index >= 15 is 0 Å². The van der Waals surface area contributed by atoms with Gasteiger partial charge < -0.3 is 5.73 Å². The van der Waals surface area contributed by atoms with Crippen LogP contribution in [0.25, 0.3) is 11.4 Å². The van der Waals surface area contributed by atoms with Gasteiger partial charge in [-0.3, -0.25) is 4.79 Å². The Bertz CT molecular complexity index is 813. The van der Waals surface area contributed by atoms with Gasteiger partial charge in [-0.05, 0) is 26.3 Å². The van der Waals surface area contributed by atoms with Crippen molar-refractivity contribution in [2.24, 2.45) is 0 Å². The second-order valence-corrected chi connectivity index (χ2v) is 6.46. The topological polar surface area (TPSA) is 86.7 Å². The maximum atomic E-state index is 13.0. The number of hydrogen-bond acceptors (Lipinski definition) is 5. The molecule has 6 nitrogen and oxygen atoms in total. The average molecular weight is 353 g/mol. The van der Waals surface area contributed by atoms with Crippen molar-refractivity contribution in [2.45, 2.75) is 51.2 Å². The van der Waals surface area contributed by atoms with Crippen molar-refractivity contribution < 1.29 is 18.0 Å². The molecule has 1 unspecified atom stereocenters. The lowest BCUT2D eigenvalue weighted by atomic mass is 10.1. The van der Waals surface area contributed by atoms with E-state index in [0.29, 0.717) is 25.1 Å². The van der Waals surface area contributed by atoms with Crippen molar-refractivity contribution in [3.05, 3.63) is 23.7 Å². The molecule has 0 spiro atoms. The molecule has 25 heavy (non-hydrogen) atoms. The molecule has 1 aliphatic rings. The van der Waals surface area contributed by atoms with Gasteiger partial charge in [-0.25, -0.2) is 14.6 Å². The van der Waals surface area contributed by atoms with Crippen LogP contribution in [0.1, 0.15) is 56.5 Å². The molecule has 134 valence electrons. The number of rotatable bonds is 3. The predicted octanol–water partition coefficient (Wildman–Crippen LogP) is 3.36. The lowest BCUT2D eigenvalue weighted by Crippen LogP contribution is -2.11. The molecule has 0 bridgehead atoms. The monoisotopic (exact) mass is 353 g/mol. The lowest BCUT2D eigenvalue weighted by molar-refractivity contribution is -0.137. The molecule has 0 amide bonds. The van der Waals surface area contributed by atoms with Gasteiger partial charge in [-0.1, -0.05) is 0 Å². The molecular weight excluding hydrogens is 335 g/mol. The van der Waals surface area contributed by atoms with Crippen LogP contribution in [0.2, 0.25) is 0 Å². The summed E-state index contributed by atoms with van der Waals surface area (Å²) in [5.74, 6) is 0.307. The maximum absolute atomic E-state index is 13.0.